The van der Waals surface area contributed by atoms with E-state index in [0.717, 1.165) is 5.56 Å². The largest absolute Gasteiger partial charge is 0.368 e. The highest BCUT2D eigenvalue weighted by Gasteiger charge is 2.27. The van der Waals surface area contributed by atoms with E-state index in [9.17, 15) is 4.79 Å². The van der Waals surface area contributed by atoms with Crippen LogP contribution in [0.15, 0.2) is 61.2 Å². The van der Waals surface area contributed by atoms with Gasteiger partial charge in [0.25, 0.3) is 0 Å². The number of ether oxygens (including phenoxy) is 1. The van der Waals surface area contributed by atoms with Crippen LogP contribution < -0.4 is 5.32 Å². The number of hydrogen-bond donors (Lipinski definition) is 1. The number of carbonyl (C=O) groups is 1. The molecular weight excluding hydrogens is 390 g/mol. The molecule has 1 aromatic heterocycles. The van der Waals surface area contributed by atoms with Crippen LogP contribution in [0.25, 0.3) is 5.69 Å². The van der Waals surface area contributed by atoms with Crippen LogP contribution >= 0.6 is 11.6 Å². The minimum Gasteiger partial charge on any atom is -0.368 e. The second-order valence-electron chi connectivity index (χ2n) is 7.09. The summed E-state index contributed by atoms with van der Waals surface area (Å²) in [6, 6.07) is 15.4. The summed E-state index contributed by atoms with van der Waals surface area (Å²) in [5.41, 5.74) is 2.42. The Labute approximate surface area is 174 Å². The van der Waals surface area contributed by atoms with Gasteiger partial charge in [-0.25, -0.2) is 9.67 Å². The van der Waals surface area contributed by atoms with E-state index in [1.165, 1.54) is 6.33 Å². The van der Waals surface area contributed by atoms with Gasteiger partial charge in [-0.3, -0.25) is 9.69 Å². The molecule has 2 atom stereocenters. The molecule has 0 aliphatic carbocycles. The number of rotatable bonds is 5. The maximum absolute atomic E-state index is 12.8. The second-order valence-corrected chi connectivity index (χ2v) is 7.53. The average molecular weight is 412 g/mol. The maximum atomic E-state index is 12.8. The molecular formula is C21H22ClN5O2. The van der Waals surface area contributed by atoms with Crippen LogP contribution in [0, 0.1) is 0 Å². The van der Waals surface area contributed by atoms with Gasteiger partial charge in [0.05, 0.1) is 30.1 Å². The van der Waals surface area contributed by atoms with Crippen LogP contribution in [0.4, 0.5) is 5.69 Å². The zero-order valence-electron chi connectivity index (χ0n) is 16.0. The number of morpholine rings is 1. The highest BCUT2D eigenvalue weighted by atomic mass is 35.5. The topological polar surface area (TPSA) is 72.3 Å². The van der Waals surface area contributed by atoms with Crippen LogP contribution in [0.2, 0.25) is 5.02 Å². The van der Waals surface area contributed by atoms with Crippen molar-refractivity contribution in [2.45, 2.75) is 19.1 Å². The first-order chi connectivity index (χ1) is 14.1. The molecule has 0 saturated carbocycles. The van der Waals surface area contributed by atoms with Crippen LogP contribution in [0.5, 0.6) is 0 Å². The lowest BCUT2D eigenvalue weighted by Gasteiger charge is -2.36. The van der Waals surface area contributed by atoms with Crippen molar-refractivity contribution in [2.75, 3.05) is 25.0 Å². The van der Waals surface area contributed by atoms with Crippen molar-refractivity contribution in [1.29, 1.82) is 0 Å². The molecule has 1 fully saturated rings. The van der Waals surface area contributed by atoms with Gasteiger partial charge in [0.1, 0.15) is 12.7 Å². The lowest BCUT2D eigenvalue weighted by atomic mass is 10.1. The molecule has 1 N–H and O–H groups in total. The van der Waals surface area contributed by atoms with Gasteiger partial charge in [-0.05, 0) is 30.7 Å². The zero-order valence-corrected chi connectivity index (χ0v) is 16.8. The summed E-state index contributed by atoms with van der Waals surface area (Å²) in [5.74, 6) is -0.116. The Bertz CT molecular complexity index is 964. The predicted octanol–water partition coefficient (Wildman–Crippen LogP) is 3.32. The summed E-state index contributed by atoms with van der Waals surface area (Å²) in [5, 5.41) is 7.63. The number of carbonyl (C=O) groups excluding carboxylic acids is 1. The summed E-state index contributed by atoms with van der Waals surface area (Å²) in [6.07, 6.45) is 3.01. The maximum Gasteiger partial charge on any atom is 0.238 e. The fraction of sp³-hybridized carbons (Fsp3) is 0.286. The van der Waals surface area contributed by atoms with Crippen molar-refractivity contribution in [3.63, 3.8) is 0 Å². The standard InChI is InChI=1S/C21H22ClN5O2/c1-15-10-26(11-20(29-15)16-5-3-2-4-6-16)12-21(28)25-18-9-17(22)7-8-19(18)27-14-23-13-24-27/h2-9,13-15,20H,10-12H2,1H3,(H,25,28). The van der Waals surface area contributed by atoms with Gasteiger partial charge in [-0.15, -0.1) is 0 Å². The Kier molecular flexibility index (Phi) is 5.89. The van der Waals surface area contributed by atoms with E-state index in [2.05, 4.69) is 32.4 Å². The van der Waals surface area contributed by atoms with Crippen LogP contribution in [0.1, 0.15) is 18.6 Å². The third-order valence-corrected chi connectivity index (χ3v) is 5.01. The number of nitrogens with one attached hydrogen (secondary N) is 1. The Morgan fingerprint density at radius 2 is 2.07 bits per heavy atom. The number of halogens is 1. The quantitative estimate of drug-likeness (QED) is 0.697. The van der Waals surface area contributed by atoms with Gasteiger partial charge >= 0.3 is 0 Å². The second kappa shape index (κ2) is 8.73. The normalized spacial score (nSPS) is 19.8. The average Bonchev–Trinajstić information content (AvgIpc) is 3.23. The molecule has 150 valence electrons. The Hall–Kier alpha value is -2.74. The van der Waals surface area contributed by atoms with E-state index >= 15 is 0 Å². The summed E-state index contributed by atoms with van der Waals surface area (Å²) in [6.45, 7) is 3.65. The summed E-state index contributed by atoms with van der Waals surface area (Å²) in [4.78, 5) is 18.9. The van der Waals surface area contributed by atoms with Crippen LogP contribution in [0.3, 0.4) is 0 Å². The Morgan fingerprint density at radius 3 is 2.83 bits per heavy atom. The zero-order chi connectivity index (χ0) is 20.2. The minimum absolute atomic E-state index is 0.0404. The fourth-order valence-corrected chi connectivity index (χ4v) is 3.73. The first kappa shape index (κ1) is 19.6. The van der Waals surface area contributed by atoms with Crippen molar-refractivity contribution >= 4 is 23.2 Å². The molecule has 8 heteroatoms. The first-order valence-corrected chi connectivity index (χ1v) is 9.83. The lowest BCUT2D eigenvalue weighted by Crippen LogP contribution is -2.46. The monoisotopic (exact) mass is 411 g/mol. The SMILES string of the molecule is CC1CN(CC(=O)Nc2cc(Cl)ccc2-n2cncn2)CC(c2ccccc2)O1. The molecule has 1 aliphatic heterocycles. The van der Waals surface area contributed by atoms with Gasteiger partial charge in [-0.2, -0.15) is 5.10 Å². The van der Waals surface area contributed by atoms with Crippen LogP contribution in [-0.4, -0.2) is 51.3 Å². The third-order valence-electron chi connectivity index (χ3n) is 4.77. The summed E-state index contributed by atoms with van der Waals surface area (Å²) in [7, 11) is 0. The van der Waals surface area contributed by atoms with E-state index in [4.69, 9.17) is 16.3 Å². The highest BCUT2D eigenvalue weighted by Crippen LogP contribution is 2.26. The van der Waals surface area contributed by atoms with E-state index < -0.39 is 0 Å². The fourth-order valence-electron chi connectivity index (χ4n) is 3.55. The number of anilines is 1. The van der Waals surface area contributed by atoms with Gasteiger partial charge in [0.2, 0.25) is 5.91 Å². The molecule has 29 heavy (non-hydrogen) atoms. The first-order valence-electron chi connectivity index (χ1n) is 9.45. The van der Waals surface area contributed by atoms with E-state index in [1.54, 1.807) is 29.2 Å². The van der Waals surface area contributed by atoms with Crippen LogP contribution in [-0.2, 0) is 9.53 Å². The smallest absolute Gasteiger partial charge is 0.238 e. The molecule has 2 aromatic carbocycles. The molecule has 1 saturated heterocycles. The lowest BCUT2D eigenvalue weighted by molar-refractivity contribution is -0.122. The highest BCUT2D eigenvalue weighted by molar-refractivity contribution is 6.31. The van der Waals surface area contributed by atoms with Crippen molar-refractivity contribution < 1.29 is 9.53 Å². The number of nitrogens with zero attached hydrogens (tertiary/aromatic N) is 4. The van der Waals surface area contributed by atoms with E-state index in [-0.39, 0.29) is 24.7 Å². The van der Waals surface area contributed by atoms with Gasteiger partial charge in [-0.1, -0.05) is 41.9 Å². The molecule has 0 radical (unpaired) electrons. The molecule has 2 unspecified atom stereocenters. The van der Waals surface area contributed by atoms with Crippen molar-refractivity contribution in [3.8, 4) is 5.69 Å². The molecule has 2 heterocycles. The molecule has 3 aromatic rings. The Morgan fingerprint density at radius 1 is 1.24 bits per heavy atom. The molecule has 0 bridgehead atoms. The van der Waals surface area contributed by atoms with E-state index in [1.807, 2.05) is 25.1 Å². The van der Waals surface area contributed by atoms with Crippen molar-refractivity contribution in [2.24, 2.45) is 0 Å². The van der Waals surface area contributed by atoms with Crippen molar-refractivity contribution in [3.05, 3.63) is 71.8 Å². The molecule has 0 spiro atoms. The van der Waals surface area contributed by atoms with Crippen molar-refractivity contribution in [1.82, 2.24) is 19.7 Å². The number of amides is 1. The summed E-state index contributed by atoms with van der Waals surface area (Å²) >= 11 is 6.14. The van der Waals surface area contributed by atoms with Gasteiger partial charge < -0.3 is 10.1 Å². The number of aromatic nitrogens is 3. The van der Waals surface area contributed by atoms with Gasteiger partial charge in [0.15, 0.2) is 0 Å². The summed E-state index contributed by atoms with van der Waals surface area (Å²) < 4.78 is 7.67. The van der Waals surface area contributed by atoms with E-state index in [0.29, 0.717) is 29.5 Å². The molecule has 7 nitrogen and oxygen atoms in total. The molecule has 4 rings (SSSR count). The Balaban J connectivity index is 1.45. The third kappa shape index (κ3) is 4.82. The van der Waals surface area contributed by atoms with Gasteiger partial charge in [0, 0.05) is 18.1 Å². The minimum atomic E-state index is -0.116. The molecule has 1 amide bonds. The number of benzene rings is 2. The molecule has 1 aliphatic rings. The number of hydrogen-bond acceptors (Lipinski definition) is 5. The predicted molar refractivity (Wildman–Crippen MR) is 111 cm³/mol.